The van der Waals surface area contributed by atoms with Crippen LogP contribution in [0.25, 0.3) is 0 Å². The fraction of sp³-hybridized carbons (Fsp3) is 0.750. The topological polar surface area (TPSA) is 61.8 Å². The monoisotopic (exact) mass is 169 g/mol. The molecule has 0 aliphatic carbocycles. The number of aromatic nitrogens is 3. The lowest BCUT2D eigenvalue weighted by atomic mass is 10.1. The zero-order valence-corrected chi connectivity index (χ0v) is 7.32. The smallest absolute Gasteiger partial charge is 0.153 e. The summed E-state index contributed by atoms with van der Waals surface area (Å²) in [4.78, 5) is 3.88. The quantitative estimate of drug-likeness (QED) is 0.655. The number of hydrogen-bond donors (Lipinski definition) is 2. The van der Waals surface area contributed by atoms with Crippen LogP contribution in [0.5, 0.6) is 0 Å². The highest BCUT2D eigenvalue weighted by atomic mass is 16.3. The average Bonchev–Trinajstić information content (AvgIpc) is 2.56. The number of rotatable bonds is 5. The minimum absolute atomic E-state index is 0.473. The van der Waals surface area contributed by atoms with Crippen molar-refractivity contribution in [2.75, 3.05) is 0 Å². The van der Waals surface area contributed by atoms with E-state index in [4.69, 9.17) is 0 Å². The summed E-state index contributed by atoms with van der Waals surface area (Å²) in [6.07, 6.45) is 5.08. The molecule has 0 aliphatic heterocycles. The van der Waals surface area contributed by atoms with E-state index in [9.17, 15) is 5.11 Å². The van der Waals surface area contributed by atoms with Crippen LogP contribution in [0, 0.1) is 0 Å². The number of H-pyrrole nitrogens is 1. The van der Waals surface area contributed by atoms with Crippen molar-refractivity contribution in [3.63, 3.8) is 0 Å². The van der Waals surface area contributed by atoms with E-state index >= 15 is 0 Å². The van der Waals surface area contributed by atoms with E-state index in [0.717, 1.165) is 19.3 Å². The number of nitrogens with one attached hydrogen (secondary N) is 1. The van der Waals surface area contributed by atoms with E-state index < -0.39 is 6.10 Å². The fourth-order valence-electron chi connectivity index (χ4n) is 1.10. The molecular formula is C8H15N3O. The second-order valence-electron chi connectivity index (χ2n) is 2.88. The predicted octanol–water partition coefficient (Wildman–Crippen LogP) is 1.42. The SMILES string of the molecule is CCCCCC(O)c1ncn[nH]1. The van der Waals surface area contributed by atoms with Crippen LogP contribution in [0.4, 0.5) is 0 Å². The van der Waals surface area contributed by atoms with Gasteiger partial charge in [0.2, 0.25) is 0 Å². The molecule has 1 aromatic heterocycles. The van der Waals surface area contributed by atoms with Gasteiger partial charge < -0.3 is 5.11 Å². The summed E-state index contributed by atoms with van der Waals surface area (Å²) in [6.45, 7) is 2.14. The van der Waals surface area contributed by atoms with Crippen molar-refractivity contribution in [2.24, 2.45) is 0 Å². The highest BCUT2D eigenvalue weighted by Crippen LogP contribution is 2.14. The highest BCUT2D eigenvalue weighted by Gasteiger charge is 2.08. The zero-order chi connectivity index (χ0) is 8.81. The Bertz CT molecular complexity index is 198. The van der Waals surface area contributed by atoms with Crippen molar-refractivity contribution in [1.29, 1.82) is 0 Å². The first kappa shape index (κ1) is 9.19. The molecule has 0 spiro atoms. The van der Waals surface area contributed by atoms with Gasteiger partial charge in [0, 0.05) is 0 Å². The molecule has 1 aromatic rings. The molecule has 1 atom stereocenters. The molecule has 1 heterocycles. The molecule has 0 fully saturated rings. The number of hydrogen-bond acceptors (Lipinski definition) is 3. The molecule has 68 valence electrons. The second-order valence-corrected chi connectivity index (χ2v) is 2.88. The Kier molecular flexibility index (Phi) is 3.73. The average molecular weight is 169 g/mol. The molecule has 4 nitrogen and oxygen atoms in total. The normalized spacial score (nSPS) is 13.2. The van der Waals surface area contributed by atoms with Crippen molar-refractivity contribution in [3.8, 4) is 0 Å². The Morgan fingerprint density at radius 2 is 2.42 bits per heavy atom. The van der Waals surface area contributed by atoms with Gasteiger partial charge in [-0.25, -0.2) is 4.98 Å². The third kappa shape index (κ3) is 2.62. The van der Waals surface area contributed by atoms with Crippen LogP contribution in [0.15, 0.2) is 6.33 Å². The van der Waals surface area contributed by atoms with Gasteiger partial charge in [0.05, 0.1) is 0 Å². The zero-order valence-electron chi connectivity index (χ0n) is 7.32. The highest BCUT2D eigenvalue weighted by molar-refractivity contribution is 4.85. The van der Waals surface area contributed by atoms with Crippen molar-refractivity contribution in [2.45, 2.75) is 38.7 Å². The van der Waals surface area contributed by atoms with Gasteiger partial charge in [-0.15, -0.1) is 0 Å². The number of unbranched alkanes of at least 4 members (excludes halogenated alkanes) is 2. The first-order valence-corrected chi connectivity index (χ1v) is 4.38. The van der Waals surface area contributed by atoms with E-state index in [1.807, 2.05) is 0 Å². The molecule has 0 aromatic carbocycles. The predicted molar refractivity (Wildman–Crippen MR) is 45.5 cm³/mol. The Labute approximate surface area is 72.0 Å². The summed E-state index contributed by atoms with van der Waals surface area (Å²) >= 11 is 0. The van der Waals surface area contributed by atoms with Crippen LogP contribution < -0.4 is 0 Å². The van der Waals surface area contributed by atoms with Crippen molar-refractivity contribution in [1.82, 2.24) is 15.2 Å². The molecule has 12 heavy (non-hydrogen) atoms. The maximum atomic E-state index is 9.50. The number of aliphatic hydroxyl groups is 1. The molecule has 2 N–H and O–H groups in total. The second kappa shape index (κ2) is 4.87. The van der Waals surface area contributed by atoms with E-state index in [2.05, 4.69) is 22.1 Å². The van der Waals surface area contributed by atoms with Crippen LogP contribution >= 0.6 is 0 Å². The minimum Gasteiger partial charge on any atom is -0.385 e. The van der Waals surface area contributed by atoms with Crippen LogP contribution in [-0.2, 0) is 0 Å². The van der Waals surface area contributed by atoms with Crippen molar-refractivity contribution in [3.05, 3.63) is 12.2 Å². The van der Waals surface area contributed by atoms with Gasteiger partial charge in [-0.05, 0) is 6.42 Å². The molecule has 1 unspecified atom stereocenters. The number of aromatic amines is 1. The van der Waals surface area contributed by atoms with E-state index in [-0.39, 0.29) is 0 Å². The molecule has 4 heteroatoms. The van der Waals surface area contributed by atoms with Crippen LogP contribution in [0.3, 0.4) is 0 Å². The Morgan fingerprint density at radius 3 is 3.00 bits per heavy atom. The lowest BCUT2D eigenvalue weighted by molar-refractivity contribution is 0.154. The lowest BCUT2D eigenvalue weighted by Crippen LogP contribution is -1.99. The van der Waals surface area contributed by atoms with E-state index in [1.165, 1.54) is 12.7 Å². The maximum absolute atomic E-state index is 9.50. The number of aliphatic hydroxyl groups excluding tert-OH is 1. The van der Waals surface area contributed by atoms with Crippen LogP contribution in [-0.4, -0.2) is 20.3 Å². The molecule has 0 aliphatic rings. The van der Waals surface area contributed by atoms with Gasteiger partial charge >= 0.3 is 0 Å². The third-order valence-electron chi connectivity index (χ3n) is 1.83. The first-order chi connectivity index (χ1) is 5.84. The maximum Gasteiger partial charge on any atom is 0.153 e. The standard InChI is InChI=1S/C8H15N3O/c1-2-3-4-5-7(12)8-9-6-10-11-8/h6-7,12H,2-5H2,1H3,(H,9,10,11). The van der Waals surface area contributed by atoms with Gasteiger partial charge in [0.25, 0.3) is 0 Å². The van der Waals surface area contributed by atoms with Gasteiger partial charge in [-0.2, -0.15) is 5.10 Å². The third-order valence-corrected chi connectivity index (χ3v) is 1.83. The van der Waals surface area contributed by atoms with Gasteiger partial charge in [0.1, 0.15) is 12.4 Å². The Morgan fingerprint density at radius 1 is 1.58 bits per heavy atom. The Hall–Kier alpha value is -0.900. The summed E-state index contributed by atoms with van der Waals surface area (Å²) in [6, 6.07) is 0. The molecule has 0 saturated heterocycles. The van der Waals surface area contributed by atoms with E-state index in [0.29, 0.717) is 5.82 Å². The van der Waals surface area contributed by atoms with Crippen molar-refractivity contribution < 1.29 is 5.11 Å². The number of nitrogens with zero attached hydrogens (tertiary/aromatic N) is 2. The molecule has 0 bridgehead atoms. The summed E-state index contributed by atoms with van der Waals surface area (Å²) in [5.41, 5.74) is 0. The van der Waals surface area contributed by atoms with Crippen LogP contribution in [0.1, 0.15) is 44.5 Å². The summed E-state index contributed by atoms with van der Waals surface area (Å²) < 4.78 is 0. The summed E-state index contributed by atoms with van der Waals surface area (Å²) in [5.74, 6) is 0.575. The first-order valence-electron chi connectivity index (χ1n) is 4.38. The van der Waals surface area contributed by atoms with Gasteiger partial charge in [-0.1, -0.05) is 26.2 Å². The van der Waals surface area contributed by atoms with Crippen LogP contribution in [0.2, 0.25) is 0 Å². The minimum atomic E-state index is -0.473. The van der Waals surface area contributed by atoms with E-state index in [1.54, 1.807) is 0 Å². The molecular weight excluding hydrogens is 154 g/mol. The molecule has 0 saturated carbocycles. The summed E-state index contributed by atoms with van der Waals surface area (Å²) in [7, 11) is 0. The lowest BCUT2D eigenvalue weighted by Gasteiger charge is -2.05. The van der Waals surface area contributed by atoms with Gasteiger partial charge in [0.15, 0.2) is 5.82 Å². The summed E-state index contributed by atoms with van der Waals surface area (Å²) in [5, 5.41) is 15.8. The molecule has 0 radical (unpaired) electrons. The largest absolute Gasteiger partial charge is 0.385 e. The van der Waals surface area contributed by atoms with Crippen molar-refractivity contribution >= 4 is 0 Å². The molecule has 0 amide bonds. The fourth-order valence-corrected chi connectivity index (χ4v) is 1.10. The Balaban J connectivity index is 2.25. The van der Waals surface area contributed by atoms with Gasteiger partial charge in [-0.3, -0.25) is 5.10 Å². The molecule has 1 rings (SSSR count).